The number of hydrogen-bond acceptors (Lipinski definition) is 35. The Labute approximate surface area is 807 Å². The van der Waals surface area contributed by atoms with E-state index >= 15 is 28.8 Å². The summed E-state index contributed by atoms with van der Waals surface area (Å²) in [6.07, 6.45) is -15.9. The number of anilines is 1. The number of benzene rings is 5. The zero-order chi connectivity index (χ0) is 98.1. The highest BCUT2D eigenvalue weighted by atomic mass is 35.5. The summed E-state index contributed by atoms with van der Waals surface area (Å²) in [6, 6.07) is 2.92. The average Bonchev–Trinajstić information content (AvgIpc) is 0.923. The number of oxime groups is 1. The van der Waals surface area contributed by atoms with E-state index in [0.717, 1.165) is 83.0 Å². The van der Waals surface area contributed by atoms with Crippen LogP contribution in [0.3, 0.4) is 0 Å². The SMILES string of the molecule is CN[C@H](CC(C)C)C(=O)N[C@H]1C(=O)N[C@@H](CC(N)=O)C(=O)N[C@H]2C(=O)N[C@H]3C(=O)N[C@H](C(=O)N[C@H](C(=O)NCCCO/N=C(\C(=O)N[C@@H]4C(=O)N5C(C(=O)[O-])=C(C[n+]6ccccc6)CS[C@H]45)c4nc(N)sc4Cl)c4cc(O)cc(O)c4-c4cc3ccc4O)[C@H](O)c3ccc(c(Cl)c3)Oc3cc2cc(c3O[C@@H]2O[C@H](CO)[C@@H](O)[C@H](O)[C@H]2O[C@H]2C[C@](C)(N)[C@H](O)[C@H](C)O2)Oc2ccc(cc2Cl)[C@H]1O.Cl. The monoisotopic (exact) mass is 2020 g/mol. The highest BCUT2D eigenvalue weighted by Crippen LogP contribution is 2.51. The van der Waals surface area contributed by atoms with Gasteiger partial charge in [-0.1, -0.05) is 89.4 Å². The van der Waals surface area contributed by atoms with E-state index in [1.54, 1.807) is 49.0 Å². The van der Waals surface area contributed by atoms with Crippen molar-refractivity contribution in [3.05, 3.63) is 169 Å². The van der Waals surface area contributed by atoms with Crippen molar-refractivity contribution in [2.75, 3.05) is 38.3 Å². The number of pyridine rings is 1. The number of carbonyl (C=O) groups is 11. The second kappa shape index (κ2) is 42.9. The highest BCUT2D eigenvalue weighted by Gasteiger charge is 2.55. The number of aliphatic hydroxyl groups is 6. The van der Waals surface area contributed by atoms with Gasteiger partial charge in [0.05, 0.1) is 53.0 Å². The topological polar surface area (TPSA) is 676 Å². The number of rotatable bonds is 24. The van der Waals surface area contributed by atoms with Crippen LogP contribution in [0.4, 0.5) is 5.13 Å². The second-order valence-electron chi connectivity index (χ2n) is 33.6. The predicted molar refractivity (Wildman–Crippen MR) is 484 cm³/mol. The van der Waals surface area contributed by atoms with Crippen LogP contribution in [-0.4, -0.2) is 249 Å². The number of nitrogens with two attached hydrogens (primary N) is 3. The molecule has 0 aliphatic carbocycles. The maximum absolute atomic E-state index is 16.4. The molecule has 3 fully saturated rings. The van der Waals surface area contributed by atoms with Crippen LogP contribution in [-0.2, 0) is 78.3 Å². The zero-order valence-corrected chi connectivity index (χ0v) is 77.7. The smallest absolute Gasteiger partial charge is 0.276 e. The average molecular weight is 2020 g/mol. The van der Waals surface area contributed by atoms with Gasteiger partial charge in [0.1, 0.15) is 124 Å². The van der Waals surface area contributed by atoms with Crippen molar-refractivity contribution in [2.24, 2.45) is 22.5 Å². The van der Waals surface area contributed by atoms with Crippen LogP contribution in [0, 0.1) is 5.92 Å². The van der Waals surface area contributed by atoms with E-state index in [0.29, 0.717) is 5.57 Å². The van der Waals surface area contributed by atoms with Gasteiger partial charge in [0.2, 0.25) is 59.3 Å². The van der Waals surface area contributed by atoms with Crippen molar-refractivity contribution < 1.29 is 142 Å². The number of β-lactam (4-membered cyclic amide) rings is 1. The van der Waals surface area contributed by atoms with Crippen molar-refractivity contribution in [3.8, 4) is 57.1 Å². The van der Waals surface area contributed by atoms with E-state index in [-0.39, 0.29) is 87.6 Å². The number of thioether (sulfide) groups is 1. The van der Waals surface area contributed by atoms with Gasteiger partial charge in [-0.3, -0.25) is 52.8 Å². The van der Waals surface area contributed by atoms with Crippen molar-refractivity contribution in [3.63, 3.8) is 0 Å². The van der Waals surface area contributed by atoms with Crippen molar-refractivity contribution >= 4 is 146 Å². The van der Waals surface area contributed by atoms with E-state index in [9.17, 15) is 75.0 Å². The van der Waals surface area contributed by atoms with Crippen LogP contribution >= 0.6 is 70.3 Å². The summed E-state index contributed by atoms with van der Waals surface area (Å²) < 4.78 is 40.3. The van der Waals surface area contributed by atoms with Gasteiger partial charge in [-0.15, -0.1) is 24.2 Å². The Morgan fingerprint density at radius 2 is 1.42 bits per heavy atom. The number of carboxylic acids is 1. The molecule has 7 aromatic rings. The molecule has 137 heavy (non-hydrogen) atoms. The number of aliphatic carboxylic acids is 1. The molecule has 3 saturated heterocycles. The summed E-state index contributed by atoms with van der Waals surface area (Å²) in [5.74, 6) is -19.2. The number of likely N-dealkylation sites (N-methyl/N-ethyl adjacent to an activating group) is 1. The van der Waals surface area contributed by atoms with Gasteiger partial charge in [0.25, 0.3) is 11.8 Å². The molecule has 5 aromatic carbocycles. The summed E-state index contributed by atoms with van der Waals surface area (Å²) >= 11 is 22.8. The minimum atomic E-state index is -2.41. The molecular formula is C87H96Cl4N16O28S2. The number of carboxylic acid groups (broad SMARTS) is 1. The first-order valence-electron chi connectivity index (χ1n) is 42.4. The third-order valence-corrected chi connectivity index (χ3v) is 26.4. The number of hydrogen-bond donors (Lipinski definition) is 21. The number of phenolic OH excluding ortho intramolecular Hbond substituents is 3. The van der Waals surface area contributed by atoms with Crippen LogP contribution in [0.5, 0.6) is 46.0 Å². The van der Waals surface area contributed by atoms with Crippen LogP contribution in [0.1, 0.15) is 117 Å². The van der Waals surface area contributed by atoms with Gasteiger partial charge in [-0.25, -0.2) is 9.55 Å². The van der Waals surface area contributed by atoms with E-state index in [2.05, 4.69) is 58.0 Å². The molecule has 10 amide bonds. The molecule has 9 aliphatic heterocycles. The molecule has 24 N–H and O–H groups in total. The number of nitrogen functional groups attached to an aromatic ring is 1. The number of halogens is 4. The van der Waals surface area contributed by atoms with Crippen molar-refractivity contribution in [1.82, 2.24) is 57.7 Å². The molecule has 0 radical (unpaired) electrons. The molecule has 0 saturated carbocycles. The lowest BCUT2D eigenvalue weighted by Gasteiger charge is -2.50. The minimum Gasteiger partial charge on any atom is -0.543 e. The molecule has 44 nitrogen and oxygen atoms in total. The normalized spacial score (nSPS) is 26.9. The summed E-state index contributed by atoms with van der Waals surface area (Å²) in [4.78, 5) is 173. The van der Waals surface area contributed by atoms with Crippen LogP contribution in [0.2, 0.25) is 14.4 Å². The van der Waals surface area contributed by atoms with Gasteiger partial charge in [-0.2, -0.15) is 0 Å². The van der Waals surface area contributed by atoms with Crippen LogP contribution in [0.25, 0.3) is 11.1 Å². The number of fused-ring (bicyclic) bond motifs is 16. The number of primary amides is 1. The maximum atomic E-state index is 16.4. The highest BCUT2D eigenvalue weighted by molar-refractivity contribution is 8.00. The number of aromatic nitrogens is 2. The number of nitrogens with one attached hydrogen (secondary N) is 9. The third kappa shape index (κ3) is 22.2. The fraction of sp³-hybridized carbons (Fsp3) is 0.402. The first-order valence-corrected chi connectivity index (χ1v) is 45.4. The number of nitrogens with zero attached hydrogens (tertiary/aromatic N) is 4. The Balaban J connectivity index is 0.0000159. The number of thiazole rings is 1. The van der Waals surface area contributed by atoms with E-state index < -0.39 is 296 Å². The van der Waals surface area contributed by atoms with Gasteiger partial charge in [-0.05, 0) is 116 Å². The Hall–Kier alpha value is -12.1. The van der Waals surface area contributed by atoms with Gasteiger partial charge < -0.3 is 154 Å². The molecule has 20 atom stereocenters. The van der Waals surface area contributed by atoms with Gasteiger partial charge in [0.15, 0.2) is 53.7 Å². The number of aromatic hydroxyl groups is 3. The largest absolute Gasteiger partial charge is 0.543 e. The van der Waals surface area contributed by atoms with Gasteiger partial charge in [0, 0.05) is 65.6 Å². The summed E-state index contributed by atoms with van der Waals surface area (Å²) in [7, 11) is 1.46. The predicted octanol–water partition coefficient (Wildman–Crippen LogP) is -0.546. The standard InChI is InChI=1S/C87H95Cl3N16O28S2.ClH/c1-33(2)20-45(94-5)74(117)100-62-66(112)36-11-14-49(43(88)22-36)130-51-24-38-25-52(70(51)134-85-71(69(115)68(114)53(31-107)132-85)133-55-29-87(4,93)72(116)34(3)129-55)131-50-15-12-37(23-44(50)89)67(113)63-81(124)99-59(42-26-40(108)27-48(110)56(42)41-21-35(10-13-47(41)109)57(77(120)101-63)98-78(121)58(38)97-75(118)46(28-54(91)111)96-80(62)123)76(119)95-16-9-19-128-104-61(60-73(90)136-86(92)103-60)79(122)102-64-82(125)106-65(84(126)127)39(32-135-83(64)106)30-105-17-7-6-8-18-105;/h6-8,10-15,17-18,21-27,33-34,45-46,53,55,57-59,62-64,66-69,71-72,83,85,94,107,112-116H,9,16,19-20,28-32,93H2,1-5H3,(H15-,91,92,95,96,97,98,99,100,101,102,103,104,108,109,110,111,117,118,119,120,121,122,123,124,126,127);1H/t34-,45+,46-,53+,55-,57+,58+,59-,62+,63-,64+,66+,67+,68+,69-,71+,72+,83+,85-,87-;/m0./s1. The Morgan fingerprint density at radius 3 is 2.04 bits per heavy atom. The Bertz CT molecular complexity index is 5930. The number of carbonyl (C=O) groups excluding carboxylic acids is 11. The minimum absolute atomic E-state index is 0. The lowest BCUT2D eigenvalue weighted by atomic mass is 9.86. The third-order valence-electron chi connectivity index (χ3n) is 23.4. The fourth-order valence-electron chi connectivity index (χ4n) is 16.5. The number of phenols is 3. The lowest BCUT2D eigenvalue weighted by Crippen LogP contribution is -2.71. The van der Waals surface area contributed by atoms with E-state index in [1.165, 1.54) is 44.8 Å². The molecule has 0 spiro atoms. The molecular weight excluding hydrogens is 1920 g/mol. The van der Waals surface area contributed by atoms with Crippen LogP contribution in [0.15, 0.2) is 126 Å². The van der Waals surface area contributed by atoms with E-state index in [4.69, 9.17) is 85.3 Å². The number of amides is 10. The van der Waals surface area contributed by atoms with Gasteiger partial charge >= 0.3 is 0 Å². The zero-order valence-electron chi connectivity index (χ0n) is 73.0. The molecule has 11 heterocycles. The first kappa shape index (κ1) is 102. The first-order chi connectivity index (χ1) is 64.6. The summed E-state index contributed by atoms with van der Waals surface area (Å²) in [5, 5.41) is 144. The fourth-order valence-corrected chi connectivity index (χ4v) is 19.2. The number of ether oxygens (including phenoxy) is 6. The summed E-state index contributed by atoms with van der Waals surface area (Å²) in [5.41, 5.74) is 13.1. The van der Waals surface area contributed by atoms with E-state index in [1.807, 2.05) is 0 Å². The lowest BCUT2D eigenvalue weighted by molar-refractivity contribution is -0.689. The Morgan fingerprint density at radius 1 is 0.766 bits per heavy atom. The van der Waals surface area contributed by atoms with Crippen molar-refractivity contribution in [1.29, 1.82) is 0 Å². The Kier molecular flexibility index (Phi) is 32.0. The second-order valence-corrected chi connectivity index (χ2v) is 37.2. The molecule has 732 valence electrons. The summed E-state index contributed by atoms with van der Waals surface area (Å²) in [6.45, 7) is 4.79. The molecule has 50 heteroatoms. The maximum Gasteiger partial charge on any atom is 0.276 e. The molecule has 11 bridgehead atoms. The quantitative estimate of drug-likeness (QED) is 0.0119. The van der Waals surface area contributed by atoms with Crippen LogP contribution < -0.4 is 88.9 Å². The van der Waals surface area contributed by atoms with Crippen molar-refractivity contribution in [2.45, 2.75) is 181 Å². The molecule has 9 aliphatic rings. The molecule has 16 rings (SSSR count). The molecule has 2 aromatic heterocycles. The number of aliphatic hydroxyl groups excluding tert-OH is 6. The molecule has 0 unspecified atom stereocenters.